The Morgan fingerprint density at radius 3 is 2.74 bits per heavy atom. The van der Waals surface area contributed by atoms with Crippen LogP contribution in [0.1, 0.15) is 4.88 Å². The molecule has 3 aromatic heterocycles. The fraction of sp³-hybridized carbons (Fsp3) is 0.188. The molecule has 0 spiro atoms. The van der Waals surface area contributed by atoms with E-state index in [1.807, 2.05) is 0 Å². The van der Waals surface area contributed by atoms with Gasteiger partial charge in [-0.25, -0.2) is 23.2 Å². The van der Waals surface area contributed by atoms with E-state index >= 15 is 0 Å². The third-order valence-corrected chi connectivity index (χ3v) is 7.00. The first-order valence-electron chi connectivity index (χ1n) is 7.65. The number of thiophene rings is 1. The third kappa shape index (κ3) is 3.69. The summed E-state index contributed by atoms with van der Waals surface area (Å²) in [6.45, 7) is -0.157. The lowest BCUT2D eigenvalue weighted by molar-refractivity contribution is 0.143. The van der Waals surface area contributed by atoms with Crippen molar-refractivity contribution in [3.8, 4) is 11.1 Å². The smallest absolute Gasteiger partial charge is 0.407 e. The number of rotatable bonds is 5. The van der Waals surface area contributed by atoms with Crippen molar-refractivity contribution in [1.82, 2.24) is 19.9 Å². The Hall–Kier alpha value is -2.79. The van der Waals surface area contributed by atoms with Gasteiger partial charge < -0.3 is 14.6 Å². The summed E-state index contributed by atoms with van der Waals surface area (Å²) in [6, 6.07) is 4.42. The highest BCUT2D eigenvalue weighted by Crippen LogP contribution is 2.38. The summed E-state index contributed by atoms with van der Waals surface area (Å²) in [5.74, 6) is -0.801. The number of aryl methyl sites for hydroxylation is 1. The molecule has 0 radical (unpaired) electrons. The molecule has 0 atom stereocenters. The van der Waals surface area contributed by atoms with E-state index in [2.05, 4.69) is 15.3 Å². The fourth-order valence-corrected chi connectivity index (χ4v) is 5.43. The Kier molecular flexibility index (Phi) is 5.24. The van der Waals surface area contributed by atoms with Gasteiger partial charge in [-0.15, -0.1) is 11.3 Å². The number of carbonyl (C=O) groups is 1. The quantitative estimate of drug-likeness (QED) is 0.648. The lowest BCUT2D eigenvalue weighted by Gasteiger charge is -2.06. The van der Waals surface area contributed by atoms with Crippen molar-refractivity contribution in [2.24, 2.45) is 7.05 Å². The maximum atomic E-state index is 14.2. The van der Waals surface area contributed by atoms with Crippen LogP contribution in [0.15, 0.2) is 46.2 Å². The van der Waals surface area contributed by atoms with Crippen LogP contribution in [-0.4, -0.2) is 36.1 Å². The summed E-state index contributed by atoms with van der Waals surface area (Å²) < 4.78 is 46.6. The fourth-order valence-electron chi connectivity index (χ4n) is 2.37. The normalized spacial score (nSPS) is 11.4. The molecule has 0 fully saturated rings. The SMILES string of the molecule is CNC(=O)OCc1cc(-c2cccnc2F)c(S(=O)(=O)c2nccn2C)s1. The van der Waals surface area contributed by atoms with E-state index in [9.17, 15) is 17.6 Å². The van der Waals surface area contributed by atoms with Crippen LogP contribution in [0.5, 0.6) is 0 Å². The summed E-state index contributed by atoms with van der Waals surface area (Å²) >= 11 is 0.889. The van der Waals surface area contributed by atoms with Crippen LogP contribution in [0.25, 0.3) is 11.1 Å². The van der Waals surface area contributed by atoms with Gasteiger partial charge in [0, 0.05) is 48.7 Å². The second-order valence-corrected chi connectivity index (χ2v) is 8.58. The van der Waals surface area contributed by atoms with Crippen LogP contribution < -0.4 is 5.32 Å². The minimum Gasteiger partial charge on any atom is -0.444 e. The van der Waals surface area contributed by atoms with Crippen molar-refractivity contribution in [2.45, 2.75) is 16.0 Å². The summed E-state index contributed by atoms with van der Waals surface area (Å²) in [5, 5.41) is 2.13. The number of hydrogen-bond donors (Lipinski definition) is 1. The molecule has 0 aliphatic heterocycles. The number of pyridine rings is 1. The number of ether oxygens (including phenoxy) is 1. The van der Waals surface area contributed by atoms with Gasteiger partial charge in [0.2, 0.25) is 20.9 Å². The first-order valence-corrected chi connectivity index (χ1v) is 9.95. The second-order valence-electron chi connectivity index (χ2n) is 5.41. The van der Waals surface area contributed by atoms with Crippen LogP contribution in [0.4, 0.5) is 9.18 Å². The Morgan fingerprint density at radius 1 is 1.33 bits per heavy atom. The highest BCUT2D eigenvalue weighted by molar-refractivity contribution is 7.93. The molecule has 1 N–H and O–H groups in total. The van der Waals surface area contributed by atoms with Crippen molar-refractivity contribution < 1.29 is 22.3 Å². The average Bonchev–Trinajstić information content (AvgIpc) is 3.27. The number of carbonyl (C=O) groups excluding carboxylic acids is 1. The zero-order valence-electron chi connectivity index (χ0n) is 14.3. The van der Waals surface area contributed by atoms with E-state index in [0.29, 0.717) is 4.88 Å². The molecule has 0 unspecified atom stereocenters. The number of nitrogens with zero attached hydrogens (tertiary/aromatic N) is 3. The molecule has 3 aromatic rings. The molecule has 0 aliphatic rings. The summed E-state index contributed by atoms with van der Waals surface area (Å²) in [4.78, 5) is 19.2. The maximum absolute atomic E-state index is 14.2. The van der Waals surface area contributed by atoms with E-state index in [4.69, 9.17) is 4.74 Å². The van der Waals surface area contributed by atoms with Gasteiger partial charge in [-0.05, 0) is 18.2 Å². The van der Waals surface area contributed by atoms with E-state index in [-0.39, 0.29) is 27.1 Å². The Balaban J connectivity index is 2.14. The molecule has 0 aliphatic carbocycles. The zero-order chi connectivity index (χ0) is 19.6. The number of aromatic nitrogens is 3. The predicted octanol–water partition coefficient (Wildman–Crippen LogP) is 2.37. The topological polar surface area (TPSA) is 103 Å². The molecular weight excluding hydrogens is 395 g/mol. The molecule has 11 heteroatoms. The molecule has 1 amide bonds. The first kappa shape index (κ1) is 19.0. The molecule has 142 valence electrons. The summed E-state index contributed by atoms with van der Waals surface area (Å²) in [7, 11) is -1.07. The van der Waals surface area contributed by atoms with Gasteiger partial charge >= 0.3 is 6.09 Å². The van der Waals surface area contributed by atoms with Gasteiger partial charge in [-0.1, -0.05) is 0 Å². The van der Waals surface area contributed by atoms with Crippen LogP contribution in [0, 0.1) is 5.95 Å². The van der Waals surface area contributed by atoms with Gasteiger partial charge in [-0.2, -0.15) is 4.39 Å². The van der Waals surface area contributed by atoms with E-state index < -0.39 is 21.9 Å². The molecule has 3 rings (SSSR count). The standard InChI is InChI=1S/C16H15FN4O4S2/c1-18-16(22)25-9-10-8-12(11-4-3-5-19-13(11)17)14(26-10)27(23,24)15-20-6-7-21(15)2/h3-8H,9H2,1-2H3,(H,18,22). The van der Waals surface area contributed by atoms with Crippen molar-refractivity contribution in [1.29, 1.82) is 0 Å². The maximum Gasteiger partial charge on any atom is 0.407 e. The number of alkyl carbamates (subject to hydrolysis) is 1. The van der Waals surface area contributed by atoms with Crippen molar-refractivity contribution in [2.75, 3.05) is 7.05 Å². The lowest BCUT2D eigenvalue weighted by Crippen LogP contribution is -2.18. The van der Waals surface area contributed by atoms with Crippen LogP contribution >= 0.6 is 11.3 Å². The molecule has 8 nitrogen and oxygen atoms in total. The number of imidazole rings is 1. The number of amides is 1. The van der Waals surface area contributed by atoms with Gasteiger partial charge in [0.25, 0.3) is 0 Å². The summed E-state index contributed by atoms with van der Waals surface area (Å²) in [5.41, 5.74) is 0.178. The minimum atomic E-state index is -4.03. The highest BCUT2D eigenvalue weighted by Gasteiger charge is 2.30. The Morgan fingerprint density at radius 2 is 2.11 bits per heavy atom. The number of nitrogens with one attached hydrogen (secondary N) is 1. The van der Waals surface area contributed by atoms with Crippen LogP contribution in [-0.2, 0) is 28.2 Å². The number of hydrogen-bond acceptors (Lipinski definition) is 7. The minimum absolute atomic E-state index is 0.0349. The van der Waals surface area contributed by atoms with Crippen LogP contribution in [0.2, 0.25) is 0 Å². The van der Waals surface area contributed by atoms with Gasteiger partial charge in [0.05, 0.1) is 0 Å². The summed E-state index contributed by atoms with van der Waals surface area (Å²) in [6.07, 6.45) is 3.47. The highest BCUT2D eigenvalue weighted by atomic mass is 32.2. The first-order chi connectivity index (χ1) is 12.8. The third-order valence-electron chi connectivity index (χ3n) is 3.61. The van der Waals surface area contributed by atoms with E-state index in [1.165, 1.54) is 48.4 Å². The number of halogens is 1. The lowest BCUT2D eigenvalue weighted by atomic mass is 10.1. The average molecular weight is 410 g/mol. The predicted molar refractivity (Wildman–Crippen MR) is 95.4 cm³/mol. The monoisotopic (exact) mass is 410 g/mol. The molecule has 0 saturated carbocycles. The van der Waals surface area contributed by atoms with Crippen LogP contribution in [0.3, 0.4) is 0 Å². The Bertz CT molecular complexity index is 1090. The van der Waals surface area contributed by atoms with Gasteiger partial charge in [0.15, 0.2) is 0 Å². The van der Waals surface area contributed by atoms with Crippen molar-refractivity contribution in [3.63, 3.8) is 0 Å². The number of sulfone groups is 1. The molecule has 0 saturated heterocycles. The van der Waals surface area contributed by atoms with Crippen molar-refractivity contribution in [3.05, 3.63) is 47.6 Å². The molecule has 27 heavy (non-hydrogen) atoms. The van der Waals surface area contributed by atoms with Gasteiger partial charge in [-0.3, -0.25) is 0 Å². The Labute approximate surface area is 158 Å². The second kappa shape index (κ2) is 7.45. The van der Waals surface area contributed by atoms with Gasteiger partial charge in [0.1, 0.15) is 10.8 Å². The molecule has 3 heterocycles. The largest absolute Gasteiger partial charge is 0.444 e. The van der Waals surface area contributed by atoms with E-state index in [0.717, 1.165) is 11.3 Å². The molecule has 0 aromatic carbocycles. The molecular formula is C16H15FN4O4S2. The van der Waals surface area contributed by atoms with E-state index in [1.54, 1.807) is 7.05 Å². The molecule has 0 bridgehead atoms. The van der Waals surface area contributed by atoms with Crippen molar-refractivity contribution >= 4 is 27.3 Å². The zero-order valence-corrected chi connectivity index (χ0v) is 16.0.